The van der Waals surface area contributed by atoms with Gasteiger partial charge in [0.15, 0.2) is 5.65 Å². The monoisotopic (exact) mass is 270 g/mol. The lowest BCUT2D eigenvalue weighted by Gasteiger charge is -2.13. The van der Waals surface area contributed by atoms with E-state index >= 15 is 0 Å². The van der Waals surface area contributed by atoms with Gasteiger partial charge in [0, 0.05) is 17.8 Å². The summed E-state index contributed by atoms with van der Waals surface area (Å²) in [5.74, 6) is 0.601. The number of hydrogen-bond acceptors (Lipinski definition) is 5. The van der Waals surface area contributed by atoms with Crippen molar-refractivity contribution in [2.45, 2.75) is 13.0 Å². The molecule has 1 atom stereocenters. The van der Waals surface area contributed by atoms with Crippen LogP contribution in [-0.4, -0.2) is 19.6 Å². The van der Waals surface area contributed by atoms with Crippen LogP contribution in [0.1, 0.15) is 18.5 Å². The summed E-state index contributed by atoms with van der Waals surface area (Å²) in [6.07, 6.45) is 1.43. The van der Waals surface area contributed by atoms with Crippen LogP contribution in [0.2, 0.25) is 0 Å². The van der Waals surface area contributed by atoms with E-state index in [1.165, 1.54) is 10.7 Å². The molecule has 0 aliphatic carbocycles. The highest BCUT2D eigenvalue weighted by Crippen LogP contribution is 2.23. The summed E-state index contributed by atoms with van der Waals surface area (Å²) in [7, 11) is 0. The van der Waals surface area contributed by atoms with Crippen molar-refractivity contribution >= 4 is 17.2 Å². The predicted octanol–water partition coefficient (Wildman–Crippen LogP) is 1.18. The van der Waals surface area contributed by atoms with E-state index in [0.717, 1.165) is 11.3 Å². The standard InChI is InChI=1S/C13H14N6O/c1-8(14)9-4-2-3-5-10(9)16-11-6-12-17-18-13(20)19(12)7-15-11/h2-8,16H,14H2,1H3,(H,18,20). The number of nitrogens with two attached hydrogens (primary N) is 1. The van der Waals surface area contributed by atoms with Crippen molar-refractivity contribution in [1.29, 1.82) is 0 Å². The van der Waals surface area contributed by atoms with Crippen LogP contribution in [0.3, 0.4) is 0 Å². The van der Waals surface area contributed by atoms with Crippen LogP contribution in [0.4, 0.5) is 11.5 Å². The maximum atomic E-state index is 11.4. The number of aromatic nitrogens is 4. The number of rotatable bonds is 3. The Labute approximate surface area is 114 Å². The first-order valence-electron chi connectivity index (χ1n) is 6.19. The van der Waals surface area contributed by atoms with Gasteiger partial charge in [0.1, 0.15) is 12.1 Å². The van der Waals surface area contributed by atoms with Crippen molar-refractivity contribution in [2.75, 3.05) is 5.32 Å². The van der Waals surface area contributed by atoms with E-state index < -0.39 is 0 Å². The smallest absolute Gasteiger partial charge is 0.340 e. The minimum atomic E-state index is -0.310. The summed E-state index contributed by atoms with van der Waals surface area (Å²) >= 11 is 0. The highest BCUT2D eigenvalue weighted by atomic mass is 16.1. The molecule has 2 heterocycles. The number of benzene rings is 1. The molecule has 3 aromatic rings. The Hall–Kier alpha value is -2.67. The lowest BCUT2D eigenvalue weighted by Crippen LogP contribution is -2.10. The number of anilines is 2. The fourth-order valence-corrected chi connectivity index (χ4v) is 2.02. The molecular formula is C13H14N6O. The largest absolute Gasteiger partial charge is 0.348 e. The lowest BCUT2D eigenvalue weighted by atomic mass is 10.1. The van der Waals surface area contributed by atoms with Crippen molar-refractivity contribution in [3.8, 4) is 0 Å². The molecule has 102 valence electrons. The molecule has 0 bridgehead atoms. The van der Waals surface area contributed by atoms with Gasteiger partial charge in [0.2, 0.25) is 0 Å². The average Bonchev–Trinajstić information content (AvgIpc) is 2.80. The van der Waals surface area contributed by atoms with Gasteiger partial charge in [0.05, 0.1) is 0 Å². The minimum Gasteiger partial charge on any atom is -0.340 e. The Morgan fingerprint density at radius 3 is 3.00 bits per heavy atom. The van der Waals surface area contributed by atoms with Crippen molar-refractivity contribution in [3.05, 3.63) is 52.7 Å². The fraction of sp³-hybridized carbons (Fsp3) is 0.154. The normalized spacial score (nSPS) is 12.5. The van der Waals surface area contributed by atoms with Crippen LogP contribution in [0.5, 0.6) is 0 Å². The number of para-hydroxylation sites is 1. The van der Waals surface area contributed by atoms with Crippen molar-refractivity contribution in [3.63, 3.8) is 0 Å². The molecule has 2 aromatic heterocycles. The quantitative estimate of drug-likeness (QED) is 0.663. The van der Waals surface area contributed by atoms with Crippen molar-refractivity contribution in [1.82, 2.24) is 19.6 Å². The van der Waals surface area contributed by atoms with Gasteiger partial charge in [0.25, 0.3) is 0 Å². The molecule has 0 saturated carbocycles. The van der Waals surface area contributed by atoms with Gasteiger partial charge in [-0.15, -0.1) is 0 Å². The van der Waals surface area contributed by atoms with Gasteiger partial charge >= 0.3 is 5.69 Å². The molecule has 20 heavy (non-hydrogen) atoms. The van der Waals surface area contributed by atoms with Gasteiger partial charge in [-0.05, 0) is 18.6 Å². The van der Waals surface area contributed by atoms with Crippen LogP contribution in [0.25, 0.3) is 5.65 Å². The van der Waals surface area contributed by atoms with E-state index in [-0.39, 0.29) is 11.7 Å². The molecule has 0 aliphatic heterocycles. The number of aromatic amines is 1. The Morgan fingerprint density at radius 1 is 1.40 bits per heavy atom. The molecule has 0 amide bonds. The summed E-state index contributed by atoms with van der Waals surface area (Å²) < 4.78 is 1.34. The third kappa shape index (κ3) is 2.14. The van der Waals surface area contributed by atoms with E-state index in [0.29, 0.717) is 11.5 Å². The third-order valence-corrected chi connectivity index (χ3v) is 3.02. The van der Waals surface area contributed by atoms with Gasteiger partial charge in [-0.1, -0.05) is 18.2 Å². The first-order valence-corrected chi connectivity index (χ1v) is 6.19. The van der Waals surface area contributed by atoms with Crippen molar-refractivity contribution in [2.24, 2.45) is 5.73 Å². The summed E-state index contributed by atoms with van der Waals surface area (Å²) in [6.45, 7) is 1.92. The second-order valence-electron chi connectivity index (χ2n) is 4.53. The van der Waals surface area contributed by atoms with Crippen LogP contribution in [-0.2, 0) is 0 Å². The molecule has 0 spiro atoms. The van der Waals surface area contributed by atoms with Crippen LogP contribution in [0.15, 0.2) is 41.5 Å². The van der Waals surface area contributed by atoms with E-state index in [9.17, 15) is 4.79 Å². The predicted molar refractivity (Wildman–Crippen MR) is 75.9 cm³/mol. The van der Waals surface area contributed by atoms with Crippen LogP contribution < -0.4 is 16.7 Å². The topological polar surface area (TPSA) is 101 Å². The van der Waals surface area contributed by atoms with Gasteiger partial charge in [-0.2, -0.15) is 5.10 Å². The van der Waals surface area contributed by atoms with Gasteiger partial charge in [-0.3, -0.25) is 0 Å². The Balaban J connectivity index is 1.99. The maximum Gasteiger partial charge on any atom is 0.348 e. The summed E-state index contributed by atoms with van der Waals surface area (Å²) in [5.41, 5.74) is 8.01. The number of nitrogens with one attached hydrogen (secondary N) is 2. The molecule has 3 rings (SSSR count). The number of H-pyrrole nitrogens is 1. The highest BCUT2D eigenvalue weighted by Gasteiger charge is 2.08. The fourth-order valence-electron chi connectivity index (χ4n) is 2.02. The lowest BCUT2D eigenvalue weighted by molar-refractivity contribution is 0.820. The molecule has 0 radical (unpaired) electrons. The molecule has 0 fully saturated rings. The van der Waals surface area contributed by atoms with Crippen LogP contribution in [0, 0.1) is 0 Å². The zero-order valence-electron chi connectivity index (χ0n) is 10.9. The van der Waals surface area contributed by atoms with E-state index in [1.54, 1.807) is 6.07 Å². The first-order chi connectivity index (χ1) is 9.65. The van der Waals surface area contributed by atoms with E-state index in [1.807, 2.05) is 31.2 Å². The molecule has 4 N–H and O–H groups in total. The van der Waals surface area contributed by atoms with Gasteiger partial charge in [-0.25, -0.2) is 19.3 Å². The summed E-state index contributed by atoms with van der Waals surface area (Å²) in [6, 6.07) is 9.36. The zero-order valence-corrected chi connectivity index (χ0v) is 10.9. The Bertz CT molecular complexity index is 804. The molecule has 1 unspecified atom stereocenters. The molecular weight excluding hydrogens is 256 g/mol. The van der Waals surface area contributed by atoms with Crippen LogP contribution >= 0.6 is 0 Å². The SMILES string of the molecule is CC(N)c1ccccc1Nc1cc2n[nH]c(=O)n2cn1. The summed E-state index contributed by atoms with van der Waals surface area (Å²) in [4.78, 5) is 15.5. The third-order valence-electron chi connectivity index (χ3n) is 3.02. The van der Waals surface area contributed by atoms with Crippen molar-refractivity contribution < 1.29 is 0 Å². The molecule has 7 nitrogen and oxygen atoms in total. The highest BCUT2D eigenvalue weighted by molar-refractivity contribution is 5.63. The average molecular weight is 270 g/mol. The number of nitrogens with zero attached hydrogens (tertiary/aromatic N) is 3. The molecule has 1 aromatic carbocycles. The number of fused-ring (bicyclic) bond motifs is 1. The van der Waals surface area contributed by atoms with Gasteiger partial charge < -0.3 is 11.1 Å². The zero-order chi connectivity index (χ0) is 14.1. The molecule has 0 saturated heterocycles. The Morgan fingerprint density at radius 2 is 2.20 bits per heavy atom. The maximum absolute atomic E-state index is 11.4. The Kier molecular flexibility index (Phi) is 2.96. The second-order valence-corrected chi connectivity index (χ2v) is 4.53. The summed E-state index contributed by atoms with van der Waals surface area (Å²) in [5, 5.41) is 9.46. The van der Waals surface area contributed by atoms with E-state index in [2.05, 4.69) is 20.5 Å². The second kappa shape index (κ2) is 4.78. The first kappa shape index (κ1) is 12.4. The molecule has 7 heteroatoms. The van der Waals surface area contributed by atoms with E-state index in [4.69, 9.17) is 5.73 Å². The minimum absolute atomic E-state index is 0.0876. The number of hydrogen-bond donors (Lipinski definition) is 3. The molecule has 0 aliphatic rings.